The van der Waals surface area contributed by atoms with Crippen molar-refractivity contribution in [2.45, 2.75) is 0 Å². The molecule has 0 saturated carbocycles. The van der Waals surface area contributed by atoms with Crippen LogP contribution >= 0.6 is 0 Å². The quantitative estimate of drug-likeness (QED) is 0.575. The van der Waals surface area contributed by atoms with Gasteiger partial charge in [-0.05, 0) is 36.4 Å². The number of imidazole rings is 1. The highest BCUT2D eigenvalue weighted by Gasteiger charge is 2.16. The molecule has 0 unspecified atom stereocenters. The largest absolute Gasteiger partial charge is 0.497 e. The lowest BCUT2D eigenvalue weighted by Gasteiger charge is -2.00. The van der Waals surface area contributed by atoms with Crippen molar-refractivity contribution in [3.63, 3.8) is 0 Å². The Morgan fingerprint density at radius 3 is 2.33 bits per heavy atom. The third-order valence-corrected chi connectivity index (χ3v) is 3.88. The molecule has 0 atom stereocenters. The Bertz CT molecular complexity index is 924. The molecule has 24 heavy (non-hydrogen) atoms. The standard InChI is InChI=1S/C20H16N2O2/c1-23-16-11-9-15(10-12-16)20-21-18(14-6-3-2-4-7-14)19(22-20)17-8-5-13-24-17/h2-13H,1H3,(H,21,22). The molecule has 4 aromatic rings. The molecule has 2 aromatic heterocycles. The first kappa shape index (κ1) is 14.3. The minimum absolute atomic E-state index is 0.765. The van der Waals surface area contributed by atoms with E-state index in [0.29, 0.717) is 0 Å². The van der Waals surface area contributed by atoms with Gasteiger partial charge in [-0.3, -0.25) is 0 Å². The molecule has 4 heteroatoms. The molecule has 0 radical (unpaired) electrons. The van der Waals surface area contributed by atoms with E-state index in [-0.39, 0.29) is 0 Å². The van der Waals surface area contributed by atoms with Crippen molar-refractivity contribution in [2.24, 2.45) is 0 Å². The zero-order chi connectivity index (χ0) is 16.4. The molecule has 118 valence electrons. The minimum Gasteiger partial charge on any atom is -0.497 e. The van der Waals surface area contributed by atoms with Gasteiger partial charge in [-0.2, -0.15) is 0 Å². The van der Waals surface area contributed by atoms with Crippen LogP contribution in [0.5, 0.6) is 5.75 Å². The summed E-state index contributed by atoms with van der Waals surface area (Å²) in [6.07, 6.45) is 1.66. The Morgan fingerprint density at radius 1 is 0.875 bits per heavy atom. The lowest BCUT2D eigenvalue weighted by atomic mass is 10.1. The van der Waals surface area contributed by atoms with Crippen LogP contribution in [0.25, 0.3) is 34.1 Å². The van der Waals surface area contributed by atoms with Gasteiger partial charge in [0, 0.05) is 11.1 Å². The summed E-state index contributed by atoms with van der Waals surface area (Å²) in [7, 11) is 1.66. The summed E-state index contributed by atoms with van der Waals surface area (Å²) in [4.78, 5) is 8.20. The van der Waals surface area contributed by atoms with Crippen molar-refractivity contribution in [3.8, 4) is 39.8 Å². The van der Waals surface area contributed by atoms with Gasteiger partial charge in [0.05, 0.1) is 13.4 Å². The van der Waals surface area contributed by atoms with Crippen LogP contribution in [0, 0.1) is 0 Å². The second-order valence-corrected chi connectivity index (χ2v) is 5.38. The Balaban J connectivity index is 1.85. The van der Waals surface area contributed by atoms with Crippen molar-refractivity contribution < 1.29 is 9.15 Å². The maximum absolute atomic E-state index is 5.58. The van der Waals surface area contributed by atoms with Gasteiger partial charge >= 0.3 is 0 Å². The molecule has 1 N–H and O–H groups in total. The molecule has 0 aliphatic heterocycles. The van der Waals surface area contributed by atoms with Gasteiger partial charge in [-0.25, -0.2) is 4.98 Å². The van der Waals surface area contributed by atoms with Crippen LogP contribution in [-0.2, 0) is 0 Å². The fourth-order valence-corrected chi connectivity index (χ4v) is 2.66. The van der Waals surface area contributed by atoms with Crippen LogP contribution in [0.2, 0.25) is 0 Å². The number of rotatable bonds is 4. The SMILES string of the molecule is COc1ccc(-c2nc(-c3ccccc3)c(-c3ccco3)[nH]2)cc1. The van der Waals surface area contributed by atoms with Crippen LogP contribution in [-0.4, -0.2) is 17.1 Å². The van der Waals surface area contributed by atoms with Crippen molar-refractivity contribution in [3.05, 3.63) is 73.0 Å². The smallest absolute Gasteiger partial charge is 0.152 e. The molecule has 2 aromatic carbocycles. The molecule has 4 nitrogen and oxygen atoms in total. The van der Waals surface area contributed by atoms with Gasteiger partial charge in [0.2, 0.25) is 0 Å². The first-order valence-corrected chi connectivity index (χ1v) is 7.69. The minimum atomic E-state index is 0.765. The van der Waals surface area contributed by atoms with Crippen LogP contribution < -0.4 is 4.74 Å². The molecule has 2 heterocycles. The monoisotopic (exact) mass is 316 g/mol. The number of methoxy groups -OCH3 is 1. The number of hydrogen-bond acceptors (Lipinski definition) is 3. The van der Waals surface area contributed by atoms with Crippen molar-refractivity contribution in [1.82, 2.24) is 9.97 Å². The maximum atomic E-state index is 5.58. The van der Waals surface area contributed by atoms with E-state index in [4.69, 9.17) is 14.1 Å². The second kappa shape index (κ2) is 6.08. The predicted octanol–water partition coefficient (Wildman–Crippen LogP) is 5.01. The average Bonchev–Trinajstić information content (AvgIpc) is 3.32. The number of benzene rings is 2. The summed E-state index contributed by atoms with van der Waals surface area (Å²) in [6, 6.07) is 21.7. The van der Waals surface area contributed by atoms with Crippen LogP contribution in [0.1, 0.15) is 0 Å². The van der Waals surface area contributed by atoms with E-state index >= 15 is 0 Å². The Labute approximate surface area is 139 Å². The summed E-state index contributed by atoms with van der Waals surface area (Å²) in [5.41, 5.74) is 3.78. The summed E-state index contributed by atoms with van der Waals surface area (Å²) >= 11 is 0. The second-order valence-electron chi connectivity index (χ2n) is 5.38. The first-order valence-electron chi connectivity index (χ1n) is 7.69. The van der Waals surface area contributed by atoms with Gasteiger partial charge < -0.3 is 14.1 Å². The first-order chi connectivity index (χ1) is 11.8. The summed E-state index contributed by atoms with van der Waals surface area (Å²) in [5.74, 6) is 2.38. The maximum Gasteiger partial charge on any atom is 0.152 e. The summed E-state index contributed by atoms with van der Waals surface area (Å²) in [6.45, 7) is 0. The normalized spacial score (nSPS) is 10.7. The van der Waals surface area contributed by atoms with E-state index in [1.807, 2.05) is 66.7 Å². The van der Waals surface area contributed by atoms with E-state index in [9.17, 15) is 0 Å². The van der Waals surface area contributed by atoms with E-state index in [1.54, 1.807) is 13.4 Å². The number of aromatic amines is 1. The molecule has 0 aliphatic carbocycles. The van der Waals surface area contributed by atoms with E-state index < -0.39 is 0 Å². The predicted molar refractivity (Wildman–Crippen MR) is 93.7 cm³/mol. The number of ether oxygens (including phenoxy) is 1. The number of nitrogens with one attached hydrogen (secondary N) is 1. The van der Waals surface area contributed by atoms with Crippen molar-refractivity contribution in [1.29, 1.82) is 0 Å². The molecule has 0 spiro atoms. The third kappa shape index (κ3) is 2.58. The van der Waals surface area contributed by atoms with Crippen LogP contribution in [0.15, 0.2) is 77.4 Å². The van der Waals surface area contributed by atoms with Gasteiger partial charge in [-0.1, -0.05) is 30.3 Å². The molecule has 0 saturated heterocycles. The van der Waals surface area contributed by atoms with Crippen molar-refractivity contribution in [2.75, 3.05) is 7.11 Å². The molecular weight excluding hydrogens is 300 g/mol. The lowest BCUT2D eigenvalue weighted by molar-refractivity contribution is 0.415. The number of aromatic nitrogens is 2. The van der Waals surface area contributed by atoms with Gasteiger partial charge in [0.1, 0.15) is 23.0 Å². The third-order valence-electron chi connectivity index (χ3n) is 3.88. The Kier molecular flexibility index (Phi) is 3.63. The number of nitrogens with zero attached hydrogens (tertiary/aromatic N) is 1. The Morgan fingerprint density at radius 2 is 1.67 bits per heavy atom. The van der Waals surface area contributed by atoms with Crippen molar-refractivity contribution >= 4 is 0 Å². The number of hydrogen-bond donors (Lipinski definition) is 1. The van der Waals surface area contributed by atoms with Gasteiger partial charge in [-0.15, -0.1) is 0 Å². The van der Waals surface area contributed by atoms with Gasteiger partial charge in [0.25, 0.3) is 0 Å². The van der Waals surface area contributed by atoms with E-state index in [1.165, 1.54) is 0 Å². The van der Waals surface area contributed by atoms with E-state index in [2.05, 4.69) is 4.98 Å². The van der Waals surface area contributed by atoms with E-state index in [0.717, 1.165) is 39.8 Å². The highest BCUT2D eigenvalue weighted by Crippen LogP contribution is 2.33. The highest BCUT2D eigenvalue weighted by molar-refractivity contribution is 5.79. The summed E-state index contributed by atoms with van der Waals surface area (Å²) in [5, 5.41) is 0. The van der Waals surface area contributed by atoms with Gasteiger partial charge in [0.15, 0.2) is 5.76 Å². The fourth-order valence-electron chi connectivity index (χ4n) is 2.66. The molecule has 0 bridgehead atoms. The lowest BCUT2D eigenvalue weighted by Crippen LogP contribution is -1.84. The van der Waals surface area contributed by atoms with Crippen LogP contribution in [0.3, 0.4) is 0 Å². The number of H-pyrrole nitrogens is 1. The highest BCUT2D eigenvalue weighted by atomic mass is 16.5. The number of furan rings is 1. The molecule has 0 fully saturated rings. The molecule has 0 aliphatic rings. The summed E-state index contributed by atoms with van der Waals surface area (Å²) < 4.78 is 10.8. The zero-order valence-corrected chi connectivity index (χ0v) is 13.2. The average molecular weight is 316 g/mol. The fraction of sp³-hybridized carbons (Fsp3) is 0.0500. The van der Waals surface area contributed by atoms with Crippen LogP contribution in [0.4, 0.5) is 0 Å². The Hall–Kier alpha value is -3.27. The molecule has 0 amide bonds. The topological polar surface area (TPSA) is 51.1 Å². The molecule has 4 rings (SSSR count). The zero-order valence-electron chi connectivity index (χ0n) is 13.2. The molecular formula is C20H16N2O2.